The lowest BCUT2D eigenvalue weighted by atomic mass is 9.98. The predicted molar refractivity (Wildman–Crippen MR) is 71.6 cm³/mol. The van der Waals surface area contributed by atoms with Crippen LogP contribution in [0.4, 0.5) is 0 Å². The Bertz CT molecular complexity index is 308. The summed E-state index contributed by atoms with van der Waals surface area (Å²) in [5.41, 5.74) is 4.11. The van der Waals surface area contributed by atoms with E-state index in [2.05, 4.69) is 58.1 Å². The molecule has 0 spiro atoms. The van der Waals surface area contributed by atoms with Crippen molar-refractivity contribution in [3.8, 4) is 0 Å². The minimum Gasteiger partial charge on any atom is -0.312 e. The van der Waals surface area contributed by atoms with Crippen molar-refractivity contribution in [2.24, 2.45) is 11.8 Å². The van der Waals surface area contributed by atoms with Crippen LogP contribution in [-0.2, 0) is 6.54 Å². The fraction of sp³-hybridized carbons (Fsp3) is 0.600. The summed E-state index contributed by atoms with van der Waals surface area (Å²) in [5, 5.41) is 3.54. The SMILES string of the molecule is Cc1cc(C)cc(CNCC(C)C(C)C)c1. The molecule has 0 aromatic heterocycles. The average Bonchev–Trinajstić information content (AvgIpc) is 2.15. The normalized spacial score (nSPS) is 13.1. The molecule has 0 amide bonds. The van der Waals surface area contributed by atoms with Crippen LogP contribution >= 0.6 is 0 Å². The van der Waals surface area contributed by atoms with Crippen LogP contribution in [0.15, 0.2) is 18.2 Å². The average molecular weight is 219 g/mol. The van der Waals surface area contributed by atoms with Gasteiger partial charge in [-0.25, -0.2) is 0 Å². The van der Waals surface area contributed by atoms with Crippen LogP contribution in [0, 0.1) is 25.7 Å². The molecule has 90 valence electrons. The van der Waals surface area contributed by atoms with E-state index in [0.29, 0.717) is 0 Å². The van der Waals surface area contributed by atoms with Gasteiger partial charge in [0, 0.05) is 6.54 Å². The highest BCUT2D eigenvalue weighted by atomic mass is 14.9. The summed E-state index contributed by atoms with van der Waals surface area (Å²) < 4.78 is 0. The Morgan fingerprint density at radius 2 is 1.56 bits per heavy atom. The molecular weight excluding hydrogens is 194 g/mol. The van der Waals surface area contributed by atoms with Crippen molar-refractivity contribution < 1.29 is 0 Å². The second-order valence-electron chi connectivity index (χ2n) is 5.35. The van der Waals surface area contributed by atoms with Gasteiger partial charge in [0.2, 0.25) is 0 Å². The Labute approximate surface area is 100 Å². The maximum Gasteiger partial charge on any atom is 0.0205 e. The smallest absolute Gasteiger partial charge is 0.0205 e. The third kappa shape index (κ3) is 4.36. The second-order valence-corrected chi connectivity index (χ2v) is 5.35. The lowest BCUT2D eigenvalue weighted by molar-refractivity contribution is 0.392. The molecule has 0 aliphatic rings. The largest absolute Gasteiger partial charge is 0.312 e. The molecule has 1 aromatic rings. The molecule has 0 radical (unpaired) electrons. The lowest BCUT2D eigenvalue weighted by Crippen LogP contribution is -2.23. The Kier molecular flexibility index (Phi) is 5.01. The summed E-state index contributed by atoms with van der Waals surface area (Å²) in [6, 6.07) is 6.75. The van der Waals surface area contributed by atoms with Crippen molar-refractivity contribution in [2.75, 3.05) is 6.54 Å². The molecule has 1 aromatic carbocycles. The van der Waals surface area contributed by atoms with Crippen molar-refractivity contribution in [3.63, 3.8) is 0 Å². The molecule has 0 saturated heterocycles. The van der Waals surface area contributed by atoms with Crippen molar-refractivity contribution in [1.29, 1.82) is 0 Å². The molecular formula is C15H25N. The topological polar surface area (TPSA) is 12.0 Å². The predicted octanol–water partition coefficient (Wildman–Crippen LogP) is 3.69. The number of hydrogen-bond donors (Lipinski definition) is 1. The number of hydrogen-bond acceptors (Lipinski definition) is 1. The second kappa shape index (κ2) is 6.05. The summed E-state index contributed by atoms with van der Waals surface area (Å²) in [6.07, 6.45) is 0. The van der Waals surface area contributed by atoms with Crippen LogP contribution in [-0.4, -0.2) is 6.54 Å². The Balaban J connectivity index is 2.43. The standard InChI is InChI=1S/C15H25N/c1-11(2)14(5)9-16-10-15-7-12(3)6-13(4)8-15/h6-8,11,14,16H,9-10H2,1-5H3. The van der Waals surface area contributed by atoms with E-state index in [1.165, 1.54) is 16.7 Å². The molecule has 0 aliphatic heterocycles. The van der Waals surface area contributed by atoms with Crippen LogP contribution in [0.2, 0.25) is 0 Å². The molecule has 0 saturated carbocycles. The van der Waals surface area contributed by atoms with E-state index < -0.39 is 0 Å². The van der Waals surface area contributed by atoms with Crippen LogP contribution in [0.5, 0.6) is 0 Å². The molecule has 0 heterocycles. The fourth-order valence-electron chi connectivity index (χ4n) is 1.85. The quantitative estimate of drug-likeness (QED) is 0.796. The van der Waals surface area contributed by atoms with Crippen molar-refractivity contribution in [2.45, 2.75) is 41.2 Å². The van der Waals surface area contributed by atoms with Gasteiger partial charge in [-0.1, -0.05) is 50.1 Å². The minimum absolute atomic E-state index is 0.742. The zero-order valence-electron chi connectivity index (χ0n) is 11.3. The summed E-state index contributed by atoms with van der Waals surface area (Å²) in [6.45, 7) is 13.3. The zero-order valence-corrected chi connectivity index (χ0v) is 11.3. The van der Waals surface area contributed by atoms with Crippen LogP contribution in [0.1, 0.15) is 37.5 Å². The van der Waals surface area contributed by atoms with Crippen LogP contribution < -0.4 is 5.32 Å². The molecule has 16 heavy (non-hydrogen) atoms. The van der Waals surface area contributed by atoms with Crippen LogP contribution in [0.25, 0.3) is 0 Å². The molecule has 1 N–H and O–H groups in total. The van der Waals surface area contributed by atoms with E-state index in [4.69, 9.17) is 0 Å². The third-order valence-corrected chi connectivity index (χ3v) is 3.21. The first-order valence-corrected chi connectivity index (χ1v) is 6.27. The third-order valence-electron chi connectivity index (χ3n) is 3.21. The van der Waals surface area contributed by atoms with Gasteiger partial charge < -0.3 is 5.32 Å². The molecule has 1 atom stereocenters. The Morgan fingerprint density at radius 3 is 2.06 bits per heavy atom. The number of aryl methyl sites for hydroxylation is 2. The van der Waals surface area contributed by atoms with E-state index in [1.807, 2.05) is 0 Å². The number of rotatable bonds is 5. The van der Waals surface area contributed by atoms with E-state index in [9.17, 15) is 0 Å². The molecule has 1 heteroatoms. The monoisotopic (exact) mass is 219 g/mol. The van der Waals surface area contributed by atoms with Crippen molar-refractivity contribution in [1.82, 2.24) is 5.32 Å². The highest BCUT2D eigenvalue weighted by Crippen LogP contribution is 2.10. The molecule has 1 unspecified atom stereocenters. The van der Waals surface area contributed by atoms with Gasteiger partial charge in [0.1, 0.15) is 0 Å². The Hall–Kier alpha value is -0.820. The van der Waals surface area contributed by atoms with Crippen LogP contribution in [0.3, 0.4) is 0 Å². The summed E-state index contributed by atoms with van der Waals surface area (Å²) in [7, 11) is 0. The molecule has 0 aliphatic carbocycles. The first-order chi connectivity index (χ1) is 7.49. The lowest BCUT2D eigenvalue weighted by Gasteiger charge is -2.16. The van der Waals surface area contributed by atoms with Gasteiger partial charge in [-0.05, 0) is 37.8 Å². The van der Waals surface area contributed by atoms with Gasteiger partial charge in [-0.3, -0.25) is 0 Å². The van der Waals surface area contributed by atoms with Crippen molar-refractivity contribution >= 4 is 0 Å². The first-order valence-electron chi connectivity index (χ1n) is 6.27. The van der Waals surface area contributed by atoms with E-state index >= 15 is 0 Å². The minimum atomic E-state index is 0.742. The van der Waals surface area contributed by atoms with Gasteiger partial charge in [-0.2, -0.15) is 0 Å². The molecule has 1 rings (SSSR count). The fourth-order valence-corrected chi connectivity index (χ4v) is 1.85. The van der Waals surface area contributed by atoms with E-state index in [-0.39, 0.29) is 0 Å². The summed E-state index contributed by atoms with van der Waals surface area (Å²) in [4.78, 5) is 0. The van der Waals surface area contributed by atoms with Gasteiger partial charge in [0.25, 0.3) is 0 Å². The van der Waals surface area contributed by atoms with Gasteiger partial charge in [0.15, 0.2) is 0 Å². The van der Waals surface area contributed by atoms with Gasteiger partial charge in [0.05, 0.1) is 0 Å². The molecule has 0 bridgehead atoms. The van der Waals surface area contributed by atoms with E-state index in [0.717, 1.165) is 24.9 Å². The first kappa shape index (κ1) is 13.2. The Morgan fingerprint density at radius 1 is 1.00 bits per heavy atom. The highest BCUT2D eigenvalue weighted by molar-refractivity contribution is 5.28. The zero-order chi connectivity index (χ0) is 12.1. The van der Waals surface area contributed by atoms with Crippen molar-refractivity contribution in [3.05, 3.63) is 34.9 Å². The van der Waals surface area contributed by atoms with Gasteiger partial charge in [-0.15, -0.1) is 0 Å². The number of benzene rings is 1. The number of nitrogens with one attached hydrogen (secondary N) is 1. The maximum absolute atomic E-state index is 3.54. The maximum atomic E-state index is 3.54. The molecule has 1 nitrogen and oxygen atoms in total. The summed E-state index contributed by atoms with van der Waals surface area (Å²) >= 11 is 0. The highest BCUT2D eigenvalue weighted by Gasteiger charge is 2.05. The van der Waals surface area contributed by atoms with E-state index in [1.54, 1.807) is 0 Å². The van der Waals surface area contributed by atoms with Gasteiger partial charge >= 0.3 is 0 Å². The summed E-state index contributed by atoms with van der Waals surface area (Å²) in [5.74, 6) is 1.50. The molecule has 0 fully saturated rings.